The summed E-state index contributed by atoms with van der Waals surface area (Å²) in [5, 5.41) is 0. The molecule has 1 aromatic carbocycles. The molecule has 1 atom stereocenters. The van der Waals surface area contributed by atoms with Gasteiger partial charge in [-0.25, -0.2) is 0 Å². The van der Waals surface area contributed by atoms with E-state index in [1.807, 2.05) is 24.3 Å². The highest BCUT2D eigenvalue weighted by atomic mass is 16.5. The monoisotopic (exact) mass is 249 g/mol. The molecule has 4 nitrogen and oxygen atoms in total. The van der Waals surface area contributed by atoms with Gasteiger partial charge < -0.3 is 15.4 Å². The molecule has 1 aliphatic rings. The van der Waals surface area contributed by atoms with Crippen molar-refractivity contribution in [2.24, 2.45) is 0 Å². The van der Waals surface area contributed by atoms with Crippen LogP contribution in [0, 0.1) is 0 Å². The fourth-order valence-electron chi connectivity index (χ4n) is 2.33. The Bertz CT molecular complexity index is 381. The first-order valence-electron chi connectivity index (χ1n) is 6.52. The number of hydrogen-bond donors (Lipinski definition) is 1. The Morgan fingerprint density at radius 1 is 1.44 bits per heavy atom. The minimum atomic E-state index is 0.692. The number of nitrogen functional groups attached to an aromatic ring is 1. The van der Waals surface area contributed by atoms with E-state index in [0.717, 1.165) is 31.1 Å². The first-order chi connectivity index (χ1) is 8.65. The minimum absolute atomic E-state index is 0.692. The molecule has 1 unspecified atom stereocenters. The smallest absolute Gasteiger partial charge is 0.121 e. The summed E-state index contributed by atoms with van der Waals surface area (Å²) in [7, 11) is 4.30. The lowest BCUT2D eigenvalue weighted by Crippen LogP contribution is -2.33. The standard InChI is InChI=1S/C14H23N3O/c1-16(2)13-6-7-17(11-13)8-9-18-14-5-3-4-12(15)10-14/h3-5,10,13H,6-9,11,15H2,1-2H3. The van der Waals surface area contributed by atoms with E-state index in [4.69, 9.17) is 10.5 Å². The molecule has 2 rings (SSSR count). The number of benzene rings is 1. The van der Waals surface area contributed by atoms with Crippen molar-refractivity contribution in [3.05, 3.63) is 24.3 Å². The Morgan fingerprint density at radius 2 is 2.28 bits per heavy atom. The highest BCUT2D eigenvalue weighted by Crippen LogP contribution is 2.15. The minimum Gasteiger partial charge on any atom is -0.492 e. The molecule has 0 amide bonds. The predicted molar refractivity (Wildman–Crippen MR) is 74.9 cm³/mol. The van der Waals surface area contributed by atoms with Crippen molar-refractivity contribution in [1.29, 1.82) is 0 Å². The summed E-state index contributed by atoms with van der Waals surface area (Å²) < 4.78 is 5.71. The van der Waals surface area contributed by atoms with Gasteiger partial charge in [0.1, 0.15) is 12.4 Å². The fraction of sp³-hybridized carbons (Fsp3) is 0.571. The van der Waals surface area contributed by atoms with E-state index in [9.17, 15) is 0 Å². The maximum absolute atomic E-state index is 5.71. The van der Waals surface area contributed by atoms with Gasteiger partial charge in [0.25, 0.3) is 0 Å². The number of ether oxygens (including phenoxy) is 1. The van der Waals surface area contributed by atoms with Gasteiger partial charge in [0.05, 0.1) is 0 Å². The molecule has 0 aromatic heterocycles. The van der Waals surface area contributed by atoms with Crippen molar-refractivity contribution in [2.75, 3.05) is 46.1 Å². The molecule has 1 fully saturated rings. The summed E-state index contributed by atoms with van der Waals surface area (Å²) in [4.78, 5) is 4.76. The Balaban J connectivity index is 1.70. The summed E-state index contributed by atoms with van der Waals surface area (Å²) in [5.41, 5.74) is 6.46. The second kappa shape index (κ2) is 6.07. The third-order valence-corrected chi connectivity index (χ3v) is 3.51. The molecule has 1 saturated heterocycles. The van der Waals surface area contributed by atoms with Gasteiger partial charge in [-0.05, 0) is 39.2 Å². The van der Waals surface area contributed by atoms with Crippen LogP contribution in [0.25, 0.3) is 0 Å². The van der Waals surface area contributed by atoms with Crippen LogP contribution in [0.4, 0.5) is 5.69 Å². The Kier molecular flexibility index (Phi) is 4.44. The molecule has 0 aliphatic carbocycles. The van der Waals surface area contributed by atoms with E-state index in [0.29, 0.717) is 6.04 Å². The Morgan fingerprint density at radius 3 is 2.94 bits per heavy atom. The van der Waals surface area contributed by atoms with Gasteiger partial charge >= 0.3 is 0 Å². The zero-order valence-electron chi connectivity index (χ0n) is 11.3. The zero-order valence-corrected chi connectivity index (χ0v) is 11.3. The van der Waals surface area contributed by atoms with Crippen LogP contribution in [0.1, 0.15) is 6.42 Å². The number of hydrogen-bond acceptors (Lipinski definition) is 4. The summed E-state index contributed by atoms with van der Waals surface area (Å²) in [5.74, 6) is 0.860. The van der Waals surface area contributed by atoms with Crippen molar-refractivity contribution >= 4 is 5.69 Å². The lowest BCUT2D eigenvalue weighted by Gasteiger charge is -2.20. The third-order valence-electron chi connectivity index (χ3n) is 3.51. The van der Waals surface area contributed by atoms with E-state index in [1.165, 1.54) is 13.0 Å². The second-order valence-corrected chi connectivity index (χ2v) is 5.13. The van der Waals surface area contributed by atoms with Gasteiger partial charge in [-0.15, -0.1) is 0 Å². The largest absolute Gasteiger partial charge is 0.492 e. The van der Waals surface area contributed by atoms with E-state index in [1.54, 1.807) is 0 Å². The number of likely N-dealkylation sites (N-methyl/N-ethyl adjacent to an activating group) is 1. The number of nitrogens with two attached hydrogens (primary N) is 1. The quantitative estimate of drug-likeness (QED) is 0.798. The van der Waals surface area contributed by atoms with Crippen molar-refractivity contribution in [1.82, 2.24) is 9.80 Å². The van der Waals surface area contributed by atoms with E-state index < -0.39 is 0 Å². The number of nitrogens with zero attached hydrogens (tertiary/aromatic N) is 2. The number of anilines is 1. The SMILES string of the molecule is CN(C)C1CCN(CCOc2cccc(N)c2)C1. The van der Waals surface area contributed by atoms with Crippen LogP contribution in [-0.2, 0) is 0 Å². The molecule has 2 N–H and O–H groups in total. The van der Waals surface area contributed by atoms with Crippen LogP contribution in [0.5, 0.6) is 5.75 Å². The van der Waals surface area contributed by atoms with E-state index >= 15 is 0 Å². The molecule has 1 heterocycles. The van der Waals surface area contributed by atoms with E-state index in [-0.39, 0.29) is 0 Å². The summed E-state index contributed by atoms with van der Waals surface area (Å²) in [6, 6.07) is 8.30. The molecule has 0 radical (unpaired) electrons. The Hall–Kier alpha value is -1.26. The summed E-state index contributed by atoms with van der Waals surface area (Å²) in [6.07, 6.45) is 1.26. The van der Waals surface area contributed by atoms with Crippen molar-refractivity contribution in [3.63, 3.8) is 0 Å². The lowest BCUT2D eigenvalue weighted by atomic mass is 10.2. The van der Waals surface area contributed by atoms with Gasteiger partial charge in [0, 0.05) is 30.9 Å². The van der Waals surface area contributed by atoms with Gasteiger partial charge in [-0.1, -0.05) is 6.07 Å². The topological polar surface area (TPSA) is 41.7 Å². The average Bonchev–Trinajstić information content (AvgIpc) is 2.78. The first-order valence-corrected chi connectivity index (χ1v) is 6.52. The van der Waals surface area contributed by atoms with Gasteiger partial charge in [0.2, 0.25) is 0 Å². The van der Waals surface area contributed by atoms with E-state index in [2.05, 4.69) is 23.9 Å². The van der Waals surface area contributed by atoms with Crippen LogP contribution in [0.3, 0.4) is 0 Å². The predicted octanol–water partition coefficient (Wildman–Crippen LogP) is 1.28. The molecular weight excluding hydrogens is 226 g/mol. The normalized spacial score (nSPS) is 20.5. The van der Waals surface area contributed by atoms with Gasteiger partial charge in [-0.2, -0.15) is 0 Å². The molecule has 4 heteroatoms. The maximum atomic E-state index is 5.71. The van der Waals surface area contributed by atoms with Crippen LogP contribution in [0.15, 0.2) is 24.3 Å². The van der Waals surface area contributed by atoms with Gasteiger partial charge in [-0.3, -0.25) is 4.90 Å². The maximum Gasteiger partial charge on any atom is 0.121 e. The average molecular weight is 249 g/mol. The molecule has 0 saturated carbocycles. The third kappa shape index (κ3) is 3.62. The molecule has 0 bridgehead atoms. The van der Waals surface area contributed by atoms with Crippen molar-refractivity contribution in [3.8, 4) is 5.75 Å². The fourth-order valence-corrected chi connectivity index (χ4v) is 2.33. The molecule has 1 aromatic rings. The molecule has 18 heavy (non-hydrogen) atoms. The first kappa shape index (κ1) is 13.2. The van der Waals surface area contributed by atoms with Crippen LogP contribution < -0.4 is 10.5 Å². The number of likely N-dealkylation sites (tertiary alicyclic amines) is 1. The van der Waals surface area contributed by atoms with Crippen molar-refractivity contribution in [2.45, 2.75) is 12.5 Å². The molecule has 0 spiro atoms. The van der Waals surface area contributed by atoms with Crippen LogP contribution in [0.2, 0.25) is 0 Å². The van der Waals surface area contributed by atoms with Crippen LogP contribution >= 0.6 is 0 Å². The molecule has 1 aliphatic heterocycles. The highest BCUT2D eigenvalue weighted by Gasteiger charge is 2.23. The molecule has 100 valence electrons. The van der Waals surface area contributed by atoms with Crippen molar-refractivity contribution < 1.29 is 4.74 Å². The summed E-state index contributed by atoms with van der Waals surface area (Å²) in [6.45, 7) is 4.03. The van der Waals surface area contributed by atoms with Gasteiger partial charge in [0.15, 0.2) is 0 Å². The Labute approximate surface area is 109 Å². The zero-order chi connectivity index (χ0) is 13.0. The molecular formula is C14H23N3O. The summed E-state index contributed by atoms with van der Waals surface area (Å²) >= 11 is 0. The second-order valence-electron chi connectivity index (χ2n) is 5.13. The van der Waals surface area contributed by atoms with Crippen LogP contribution in [-0.4, -0.2) is 56.2 Å². The highest BCUT2D eigenvalue weighted by molar-refractivity contribution is 5.43. The lowest BCUT2D eigenvalue weighted by molar-refractivity contribution is 0.221. The number of rotatable bonds is 5.